The Labute approximate surface area is 183 Å². The Balaban J connectivity index is 1.46. The van der Waals surface area contributed by atoms with E-state index < -0.39 is 16.0 Å². The fraction of sp³-hybridized carbons (Fsp3) is 0.286. The van der Waals surface area contributed by atoms with E-state index in [0.717, 1.165) is 35.9 Å². The number of fused-ring (bicyclic) bond motifs is 3. The molecule has 0 unspecified atom stereocenters. The van der Waals surface area contributed by atoms with E-state index in [-0.39, 0.29) is 23.6 Å². The molecule has 2 heterocycles. The highest BCUT2D eigenvalue weighted by Gasteiger charge is 2.21. The highest BCUT2D eigenvalue weighted by molar-refractivity contribution is 7.89. The number of anilines is 1. The number of carbonyl (C=O) groups is 1. The van der Waals surface area contributed by atoms with E-state index in [1.165, 1.54) is 34.7 Å². The number of hydrogen-bond donors (Lipinski definition) is 2. The van der Waals surface area contributed by atoms with Crippen molar-refractivity contribution in [2.45, 2.75) is 37.2 Å². The molecule has 0 aliphatic heterocycles. The van der Waals surface area contributed by atoms with E-state index in [4.69, 9.17) is 16.9 Å². The van der Waals surface area contributed by atoms with Crippen LogP contribution in [0.25, 0.3) is 10.2 Å². The van der Waals surface area contributed by atoms with Gasteiger partial charge >= 0.3 is 5.97 Å². The molecule has 0 bridgehead atoms. The second-order valence-electron chi connectivity index (χ2n) is 7.05. The number of ether oxygens (including phenoxy) is 1. The summed E-state index contributed by atoms with van der Waals surface area (Å²) < 4.78 is 31.6. The Morgan fingerprint density at radius 1 is 1.23 bits per heavy atom. The third-order valence-electron chi connectivity index (χ3n) is 4.99. The molecule has 0 saturated heterocycles. The number of nitrogens with one attached hydrogen (secondary N) is 1. The molecule has 0 fully saturated rings. The first-order valence-corrected chi connectivity index (χ1v) is 12.0. The fourth-order valence-electron chi connectivity index (χ4n) is 3.50. The summed E-state index contributed by atoms with van der Waals surface area (Å²) >= 11 is 1.62. The highest BCUT2D eigenvalue weighted by atomic mass is 32.2. The quantitative estimate of drug-likeness (QED) is 0.431. The van der Waals surface area contributed by atoms with Gasteiger partial charge < -0.3 is 10.5 Å². The Bertz CT molecular complexity index is 1290. The van der Waals surface area contributed by atoms with Crippen LogP contribution in [0, 0.1) is 12.3 Å². The number of sulfonamides is 1. The van der Waals surface area contributed by atoms with Gasteiger partial charge in [-0.05, 0) is 55.5 Å². The number of esters is 1. The van der Waals surface area contributed by atoms with Crippen LogP contribution in [0.3, 0.4) is 0 Å². The van der Waals surface area contributed by atoms with Crippen molar-refractivity contribution in [3.05, 3.63) is 46.1 Å². The van der Waals surface area contributed by atoms with Crippen molar-refractivity contribution < 1.29 is 17.9 Å². The number of aromatic nitrogens is 2. The molecule has 160 valence electrons. The van der Waals surface area contributed by atoms with Gasteiger partial charge in [0.25, 0.3) is 0 Å². The van der Waals surface area contributed by atoms with Crippen LogP contribution < -0.4 is 10.5 Å². The van der Waals surface area contributed by atoms with E-state index in [1.54, 1.807) is 11.3 Å². The summed E-state index contributed by atoms with van der Waals surface area (Å²) in [5, 5.41) is 0.921. The smallest absolute Gasteiger partial charge is 0.338 e. The molecule has 0 amide bonds. The number of carbonyl (C=O) groups excluding carboxylic acids is 1. The maximum absolute atomic E-state index is 12.4. The van der Waals surface area contributed by atoms with Crippen LogP contribution >= 0.6 is 11.3 Å². The van der Waals surface area contributed by atoms with Gasteiger partial charge in [-0.2, -0.15) is 4.72 Å². The first kappa shape index (κ1) is 21.2. The number of hydrogen-bond acceptors (Lipinski definition) is 8. The van der Waals surface area contributed by atoms with E-state index in [2.05, 4.69) is 20.6 Å². The van der Waals surface area contributed by atoms with Gasteiger partial charge in [0, 0.05) is 4.88 Å². The Morgan fingerprint density at radius 2 is 1.97 bits per heavy atom. The van der Waals surface area contributed by atoms with E-state index in [0.29, 0.717) is 11.6 Å². The third-order valence-corrected chi connectivity index (χ3v) is 7.59. The summed E-state index contributed by atoms with van der Waals surface area (Å²) in [5.74, 6) is 2.32. The summed E-state index contributed by atoms with van der Waals surface area (Å²) in [6, 6.07) is 5.37. The van der Waals surface area contributed by atoms with Crippen LogP contribution in [-0.4, -0.2) is 30.9 Å². The SMILES string of the molecule is C#CCNS(=O)(=O)c1ccc(C(=O)OCc2nc(N)c3c4c(sc3n2)CCCC4)cc1. The summed E-state index contributed by atoms with van der Waals surface area (Å²) in [7, 11) is -3.72. The van der Waals surface area contributed by atoms with Crippen molar-refractivity contribution in [2.24, 2.45) is 0 Å². The average Bonchev–Trinajstić information content (AvgIpc) is 3.15. The Morgan fingerprint density at radius 3 is 2.71 bits per heavy atom. The summed E-state index contributed by atoms with van der Waals surface area (Å²) in [4.78, 5) is 23.3. The van der Waals surface area contributed by atoms with Crippen LogP contribution in [0.5, 0.6) is 0 Å². The summed E-state index contributed by atoms with van der Waals surface area (Å²) in [6.45, 7) is -0.252. The van der Waals surface area contributed by atoms with Gasteiger partial charge in [-0.15, -0.1) is 17.8 Å². The second kappa shape index (κ2) is 8.63. The molecule has 3 aromatic rings. The van der Waals surface area contributed by atoms with Gasteiger partial charge in [0.2, 0.25) is 10.0 Å². The minimum atomic E-state index is -3.72. The van der Waals surface area contributed by atoms with E-state index in [1.807, 2.05) is 0 Å². The molecule has 0 spiro atoms. The number of nitrogens with zero attached hydrogens (tertiary/aromatic N) is 2. The zero-order valence-electron chi connectivity index (χ0n) is 16.6. The van der Waals surface area contributed by atoms with Gasteiger partial charge in [0.05, 0.1) is 22.4 Å². The minimum Gasteiger partial charge on any atom is -0.454 e. The normalized spacial score (nSPS) is 13.5. The molecule has 10 heteroatoms. The molecular formula is C21H20N4O4S2. The molecular weight excluding hydrogens is 436 g/mol. The van der Waals surface area contributed by atoms with Crippen molar-refractivity contribution >= 4 is 43.4 Å². The van der Waals surface area contributed by atoms with E-state index in [9.17, 15) is 13.2 Å². The van der Waals surface area contributed by atoms with Gasteiger partial charge in [0.15, 0.2) is 12.4 Å². The predicted molar refractivity (Wildman–Crippen MR) is 118 cm³/mol. The van der Waals surface area contributed by atoms with Crippen molar-refractivity contribution in [3.63, 3.8) is 0 Å². The Kier molecular flexibility index (Phi) is 5.91. The lowest BCUT2D eigenvalue weighted by Gasteiger charge is -2.11. The number of terminal acetylenes is 1. The van der Waals surface area contributed by atoms with Gasteiger partial charge in [-0.1, -0.05) is 5.92 Å². The second-order valence-corrected chi connectivity index (χ2v) is 9.90. The van der Waals surface area contributed by atoms with Crippen LogP contribution in [0.2, 0.25) is 0 Å². The number of nitrogens with two attached hydrogens (primary N) is 1. The Hall–Kier alpha value is -3.00. The number of aryl methyl sites for hydroxylation is 2. The molecule has 0 radical (unpaired) electrons. The van der Waals surface area contributed by atoms with Gasteiger partial charge in [-0.25, -0.2) is 23.2 Å². The molecule has 31 heavy (non-hydrogen) atoms. The molecule has 8 nitrogen and oxygen atoms in total. The van der Waals surface area contributed by atoms with Crippen molar-refractivity contribution in [1.29, 1.82) is 0 Å². The van der Waals surface area contributed by atoms with Crippen LogP contribution in [-0.2, 0) is 34.2 Å². The van der Waals surface area contributed by atoms with Crippen molar-refractivity contribution in [3.8, 4) is 12.3 Å². The average molecular weight is 457 g/mol. The maximum Gasteiger partial charge on any atom is 0.338 e. The highest BCUT2D eigenvalue weighted by Crippen LogP contribution is 2.37. The van der Waals surface area contributed by atoms with Crippen molar-refractivity contribution in [2.75, 3.05) is 12.3 Å². The number of nitrogen functional groups attached to an aromatic ring is 1. The van der Waals surface area contributed by atoms with Crippen LogP contribution in [0.4, 0.5) is 5.82 Å². The molecule has 1 aliphatic rings. The molecule has 0 saturated carbocycles. The van der Waals surface area contributed by atoms with Gasteiger partial charge in [-0.3, -0.25) is 0 Å². The largest absolute Gasteiger partial charge is 0.454 e. The summed E-state index contributed by atoms with van der Waals surface area (Å²) in [5.41, 5.74) is 7.63. The maximum atomic E-state index is 12.4. The minimum absolute atomic E-state index is 0.00233. The molecule has 4 rings (SSSR count). The topological polar surface area (TPSA) is 124 Å². The first-order valence-electron chi connectivity index (χ1n) is 9.66. The number of rotatable bonds is 6. The third kappa shape index (κ3) is 4.39. The first-order chi connectivity index (χ1) is 14.9. The lowest BCUT2D eigenvalue weighted by atomic mass is 9.97. The number of benzene rings is 1. The van der Waals surface area contributed by atoms with E-state index >= 15 is 0 Å². The molecule has 1 aliphatic carbocycles. The molecule has 0 atom stereocenters. The van der Waals surface area contributed by atoms with Crippen molar-refractivity contribution in [1.82, 2.24) is 14.7 Å². The summed E-state index contributed by atoms with van der Waals surface area (Å²) in [6.07, 6.45) is 9.39. The monoisotopic (exact) mass is 456 g/mol. The van der Waals surface area contributed by atoms with Crippen LogP contribution in [0.1, 0.15) is 39.5 Å². The number of thiophene rings is 1. The predicted octanol–water partition coefficient (Wildman–Crippen LogP) is 2.42. The lowest BCUT2D eigenvalue weighted by molar-refractivity contribution is 0.0462. The van der Waals surface area contributed by atoms with Gasteiger partial charge in [0.1, 0.15) is 10.6 Å². The zero-order chi connectivity index (χ0) is 22.0. The lowest BCUT2D eigenvalue weighted by Crippen LogP contribution is -2.23. The molecule has 1 aromatic carbocycles. The fourth-order valence-corrected chi connectivity index (χ4v) is 5.72. The zero-order valence-corrected chi connectivity index (χ0v) is 18.2. The molecule has 2 aromatic heterocycles. The van der Waals surface area contributed by atoms with Crippen LogP contribution in [0.15, 0.2) is 29.2 Å². The standard InChI is InChI=1S/C21H20N4O4S2/c1-2-11-23-31(27,28)14-9-7-13(8-10-14)21(26)29-12-17-24-19(22)18-15-5-3-4-6-16(15)30-20(18)25-17/h1,7-10,23H,3-6,11-12H2,(H2,22,24,25). The molecule has 3 N–H and O–H groups in total.